The van der Waals surface area contributed by atoms with E-state index in [4.69, 9.17) is 4.74 Å². The molecule has 3 heteroatoms. The number of Topliss-reactive ketones (excluding diaryl/α,β-unsaturated/α-hetero) is 1. The fraction of sp³-hybridized carbons (Fsp3) is 0. The molecule has 0 saturated heterocycles. The summed E-state index contributed by atoms with van der Waals surface area (Å²) in [6, 6.07) is 6.57. The van der Waals surface area contributed by atoms with Crippen LogP contribution in [-0.2, 0) is 4.79 Å². The fourth-order valence-corrected chi connectivity index (χ4v) is 1.03. The monoisotopic (exact) mass is 160 g/mol. The molecular weight excluding hydrogens is 156 g/mol. The van der Waals surface area contributed by atoms with Gasteiger partial charge < -0.3 is 4.74 Å². The number of fused-ring (bicyclic) bond motifs is 1. The van der Waals surface area contributed by atoms with E-state index < -0.39 is 11.8 Å². The zero-order chi connectivity index (χ0) is 8.55. The normalized spacial score (nSPS) is 15.3. The van der Waals surface area contributed by atoms with Crippen molar-refractivity contribution in [3.05, 3.63) is 36.2 Å². The van der Waals surface area contributed by atoms with Crippen LogP contribution in [0, 0.1) is 6.42 Å². The van der Waals surface area contributed by atoms with Crippen molar-refractivity contribution in [1.82, 2.24) is 0 Å². The summed E-state index contributed by atoms with van der Waals surface area (Å²) in [5, 5.41) is 0. The van der Waals surface area contributed by atoms with E-state index in [1.54, 1.807) is 24.3 Å². The number of ketones is 1. The van der Waals surface area contributed by atoms with Crippen LogP contribution in [0.5, 0.6) is 5.75 Å². The van der Waals surface area contributed by atoms with Crippen molar-refractivity contribution in [2.45, 2.75) is 0 Å². The molecule has 1 aliphatic rings. The van der Waals surface area contributed by atoms with Gasteiger partial charge in [-0.15, -0.1) is 0 Å². The Balaban J connectivity index is 2.54. The van der Waals surface area contributed by atoms with Gasteiger partial charge in [-0.25, -0.2) is 0 Å². The number of ether oxygens (including phenoxy) is 1. The van der Waals surface area contributed by atoms with E-state index in [1.165, 1.54) is 0 Å². The Morgan fingerprint density at radius 1 is 1.17 bits per heavy atom. The van der Waals surface area contributed by atoms with Crippen molar-refractivity contribution in [2.75, 3.05) is 0 Å². The Hall–Kier alpha value is -1.64. The smallest absolute Gasteiger partial charge is 0.328 e. The van der Waals surface area contributed by atoms with Crippen LogP contribution in [0.25, 0.3) is 0 Å². The highest BCUT2D eigenvalue weighted by Crippen LogP contribution is 2.23. The van der Waals surface area contributed by atoms with E-state index in [1.807, 2.05) is 6.42 Å². The molecule has 0 unspecified atom stereocenters. The van der Waals surface area contributed by atoms with Crippen LogP contribution < -0.4 is 4.74 Å². The first-order chi connectivity index (χ1) is 5.77. The van der Waals surface area contributed by atoms with E-state index in [0.717, 1.165) is 0 Å². The second-order valence-electron chi connectivity index (χ2n) is 2.34. The van der Waals surface area contributed by atoms with Crippen LogP contribution in [0.4, 0.5) is 0 Å². The largest absolute Gasteiger partial charge is 0.425 e. The lowest BCUT2D eigenvalue weighted by Gasteiger charge is -2.12. The zero-order valence-electron chi connectivity index (χ0n) is 6.03. The summed E-state index contributed by atoms with van der Waals surface area (Å²) in [4.78, 5) is 21.8. The molecular formula is C9H4O3. The summed E-state index contributed by atoms with van der Waals surface area (Å²) in [6.07, 6.45) is 2.04. The molecule has 1 aromatic rings. The average molecular weight is 160 g/mol. The van der Waals surface area contributed by atoms with Crippen molar-refractivity contribution in [1.29, 1.82) is 0 Å². The van der Waals surface area contributed by atoms with Gasteiger partial charge in [-0.3, -0.25) is 9.59 Å². The Bertz CT molecular complexity index is 355. The second-order valence-corrected chi connectivity index (χ2v) is 2.34. The minimum absolute atomic E-state index is 0.311. The lowest BCUT2D eigenvalue weighted by Crippen LogP contribution is -2.21. The summed E-state index contributed by atoms with van der Waals surface area (Å²) in [5.74, 6) is -0.827. The van der Waals surface area contributed by atoms with Crippen LogP contribution >= 0.6 is 0 Å². The average Bonchev–Trinajstić information content (AvgIpc) is 2.04. The van der Waals surface area contributed by atoms with Gasteiger partial charge in [0.05, 0.1) is 5.56 Å². The molecule has 1 aliphatic heterocycles. The Labute approximate surface area is 69.0 Å². The quantitative estimate of drug-likeness (QED) is 0.417. The number of para-hydroxylation sites is 1. The highest BCUT2D eigenvalue weighted by atomic mass is 16.5. The first-order valence-electron chi connectivity index (χ1n) is 3.39. The summed E-state index contributed by atoms with van der Waals surface area (Å²) >= 11 is 0. The third-order valence-electron chi connectivity index (χ3n) is 1.55. The molecule has 0 aromatic heterocycles. The molecule has 0 aliphatic carbocycles. The predicted octanol–water partition coefficient (Wildman–Crippen LogP) is 0.870. The zero-order valence-corrected chi connectivity index (χ0v) is 6.03. The van der Waals surface area contributed by atoms with Crippen LogP contribution in [0.15, 0.2) is 24.3 Å². The standard InChI is InChI=1S/C9H4O3/c10-7-5-9(11)12-8-4-2-1-3-6(7)8/h1-4H. The molecule has 0 N–H and O–H groups in total. The highest BCUT2D eigenvalue weighted by molar-refractivity contribution is 6.19. The van der Waals surface area contributed by atoms with Crippen molar-refractivity contribution in [3.8, 4) is 5.75 Å². The summed E-state index contributed by atoms with van der Waals surface area (Å²) in [5.41, 5.74) is 0.386. The SMILES string of the molecule is O=C1[C]C(=O)c2ccccc2O1. The first-order valence-corrected chi connectivity index (χ1v) is 3.39. The van der Waals surface area contributed by atoms with Crippen molar-refractivity contribution in [2.24, 2.45) is 0 Å². The van der Waals surface area contributed by atoms with E-state index in [-0.39, 0.29) is 0 Å². The molecule has 0 spiro atoms. The number of carbonyl (C=O) groups is 2. The Morgan fingerprint density at radius 2 is 1.92 bits per heavy atom. The van der Waals surface area contributed by atoms with Gasteiger partial charge in [0, 0.05) is 0 Å². The van der Waals surface area contributed by atoms with Gasteiger partial charge in [-0.05, 0) is 12.1 Å². The molecule has 0 amide bonds. The third-order valence-corrected chi connectivity index (χ3v) is 1.55. The first kappa shape index (κ1) is 7.03. The summed E-state index contributed by atoms with van der Waals surface area (Å²) in [6.45, 7) is 0. The summed E-state index contributed by atoms with van der Waals surface area (Å²) in [7, 11) is 0. The molecule has 12 heavy (non-hydrogen) atoms. The van der Waals surface area contributed by atoms with Crippen molar-refractivity contribution < 1.29 is 14.3 Å². The van der Waals surface area contributed by atoms with Gasteiger partial charge in [-0.2, -0.15) is 0 Å². The van der Waals surface area contributed by atoms with Crippen molar-refractivity contribution >= 4 is 11.8 Å². The minimum Gasteiger partial charge on any atom is -0.425 e. The van der Waals surface area contributed by atoms with E-state index in [2.05, 4.69) is 0 Å². The van der Waals surface area contributed by atoms with Gasteiger partial charge in [0.2, 0.25) is 0 Å². The Morgan fingerprint density at radius 3 is 2.75 bits per heavy atom. The van der Waals surface area contributed by atoms with Crippen LogP contribution in [-0.4, -0.2) is 11.8 Å². The molecule has 1 aromatic carbocycles. The van der Waals surface area contributed by atoms with E-state index in [9.17, 15) is 9.59 Å². The number of benzene rings is 1. The lowest BCUT2D eigenvalue weighted by atomic mass is 10.1. The molecule has 1 heterocycles. The molecule has 0 bridgehead atoms. The van der Waals surface area contributed by atoms with E-state index in [0.29, 0.717) is 11.3 Å². The predicted molar refractivity (Wildman–Crippen MR) is 39.7 cm³/mol. The molecule has 0 saturated carbocycles. The number of esters is 1. The molecule has 3 nitrogen and oxygen atoms in total. The Kier molecular flexibility index (Phi) is 1.43. The van der Waals surface area contributed by atoms with Crippen molar-refractivity contribution in [3.63, 3.8) is 0 Å². The number of hydrogen-bond acceptors (Lipinski definition) is 3. The van der Waals surface area contributed by atoms with Gasteiger partial charge in [0.15, 0.2) is 12.2 Å². The van der Waals surface area contributed by atoms with Gasteiger partial charge in [0.25, 0.3) is 0 Å². The fourth-order valence-electron chi connectivity index (χ4n) is 1.03. The second kappa shape index (κ2) is 2.44. The summed E-state index contributed by atoms with van der Waals surface area (Å²) < 4.78 is 4.73. The maximum Gasteiger partial charge on any atom is 0.328 e. The minimum atomic E-state index is -0.723. The maximum atomic E-state index is 11.1. The number of rotatable bonds is 0. The molecule has 0 atom stereocenters. The molecule has 2 rings (SSSR count). The molecule has 0 fully saturated rings. The van der Waals surface area contributed by atoms with Gasteiger partial charge in [0.1, 0.15) is 5.75 Å². The maximum absolute atomic E-state index is 11.1. The van der Waals surface area contributed by atoms with Crippen LogP contribution in [0.2, 0.25) is 0 Å². The van der Waals surface area contributed by atoms with E-state index >= 15 is 0 Å². The topological polar surface area (TPSA) is 43.4 Å². The van der Waals surface area contributed by atoms with Crippen LogP contribution in [0.3, 0.4) is 0 Å². The molecule has 58 valence electrons. The van der Waals surface area contributed by atoms with Gasteiger partial charge in [-0.1, -0.05) is 12.1 Å². The molecule has 2 radical (unpaired) electrons. The van der Waals surface area contributed by atoms with Crippen LogP contribution in [0.1, 0.15) is 10.4 Å². The number of hydrogen-bond donors (Lipinski definition) is 0. The lowest BCUT2D eigenvalue weighted by molar-refractivity contribution is -0.130. The third kappa shape index (κ3) is 0.993. The number of carbonyl (C=O) groups excluding carboxylic acids is 2. The van der Waals surface area contributed by atoms with Gasteiger partial charge >= 0.3 is 5.97 Å². The highest BCUT2D eigenvalue weighted by Gasteiger charge is 2.25.